The molecule has 1 saturated heterocycles. The number of piperidine rings is 1. The summed E-state index contributed by atoms with van der Waals surface area (Å²) in [7, 11) is 1.70. The van der Waals surface area contributed by atoms with Crippen LogP contribution >= 0.6 is 11.3 Å². The number of anilines is 1. The van der Waals surface area contributed by atoms with E-state index in [2.05, 4.69) is 19.6 Å². The van der Waals surface area contributed by atoms with Crippen molar-refractivity contribution in [3.8, 4) is 0 Å². The number of thiazole rings is 1. The standard InChI is InChI=1S/C13H19N5OS/c1-15-12(19)9-2-4-17(5-3-9)11-10(8-14)18-6-7-20-13(18)16-11/h6-7,9H,2-5,8,14H2,1H3,(H,15,19). The van der Waals surface area contributed by atoms with Crippen molar-refractivity contribution in [2.75, 3.05) is 25.0 Å². The van der Waals surface area contributed by atoms with Crippen LogP contribution < -0.4 is 16.0 Å². The SMILES string of the molecule is CNC(=O)C1CCN(c2nc3sccn3c2CN)CC1. The molecule has 0 aliphatic carbocycles. The van der Waals surface area contributed by atoms with Crippen LogP contribution in [0.1, 0.15) is 18.5 Å². The highest BCUT2D eigenvalue weighted by Gasteiger charge is 2.27. The fourth-order valence-electron chi connectivity index (χ4n) is 2.82. The highest BCUT2D eigenvalue weighted by molar-refractivity contribution is 7.15. The van der Waals surface area contributed by atoms with Crippen molar-refractivity contribution < 1.29 is 4.79 Å². The third kappa shape index (κ3) is 2.16. The molecule has 1 fully saturated rings. The molecular weight excluding hydrogens is 274 g/mol. The number of rotatable bonds is 3. The molecule has 3 rings (SSSR count). The average Bonchev–Trinajstić information content (AvgIpc) is 3.06. The van der Waals surface area contributed by atoms with Gasteiger partial charge >= 0.3 is 0 Å². The molecule has 1 aliphatic rings. The predicted molar refractivity (Wildman–Crippen MR) is 80.0 cm³/mol. The molecule has 0 spiro atoms. The Bertz CT molecular complexity index is 611. The summed E-state index contributed by atoms with van der Waals surface area (Å²) >= 11 is 1.62. The molecule has 0 atom stereocenters. The number of fused-ring (bicyclic) bond motifs is 1. The van der Waals surface area contributed by atoms with Crippen molar-refractivity contribution in [3.05, 3.63) is 17.3 Å². The maximum Gasteiger partial charge on any atom is 0.222 e. The van der Waals surface area contributed by atoms with Crippen LogP contribution in [0.2, 0.25) is 0 Å². The highest BCUT2D eigenvalue weighted by atomic mass is 32.1. The van der Waals surface area contributed by atoms with Gasteiger partial charge < -0.3 is 16.0 Å². The molecule has 2 aromatic heterocycles. The van der Waals surface area contributed by atoms with Crippen LogP contribution in [0, 0.1) is 5.92 Å². The van der Waals surface area contributed by atoms with Gasteiger partial charge in [0, 0.05) is 44.2 Å². The third-order valence-electron chi connectivity index (χ3n) is 3.94. The van der Waals surface area contributed by atoms with E-state index in [1.165, 1.54) is 0 Å². The molecule has 0 radical (unpaired) electrons. The summed E-state index contributed by atoms with van der Waals surface area (Å²) in [6.45, 7) is 2.19. The average molecular weight is 293 g/mol. The Kier molecular flexibility index (Phi) is 3.62. The molecule has 6 nitrogen and oxygen atoms in total. The molecule has 0 bridgehead atoms. The zero-order valence-electron chi connectivity index (χ0n) is 11.5. The van der Waals surface area contributed by atoms with E-state index in [4.69, 9.17) is 5.73 Å². The normalized spacial score (nSPS) is 16.8. The van der Waals surface area contributed by atoms with Gasteiger partial charge in [0.25, 0.3) is 0 Å². The minimum atomic E-state index is 0.126. The fraction of sp³-hybridized carbons (Fsp3) is 0.538. The second-order valence-electron chi connectivity index (χ2n) is 5.02. The van der Waals surface area contributed by atoms with E-state index in [0.717, 1.165) is 42.4 Å². The Morgan fingerprint density at radius 3 is 2.95 bits per heavy atom. The first kappa shape index (κ1) is 13.4. The van der Waals surface area contributed by atoms with E-state index in [9.17, 15) is 4.79 Å². The number of aromatic nitrogens is 2. The number of nitrogens with two attached hydrogens (primary N) is 1. The number of hydrogen-bond donors (Lipinski definition) is 2. The van der Waals surface area contributed by atoms with Crippen LogP contribution in [0.3, 0.4) is 0 Å². The first-order valence-electron chi connectivity index (χ1n) is 6.85. The van der Waals surface area contributed by atoms with Gasteiger partial charge in [-0.25, -0.2) is 4.98 Å². The van der Waals surface area contributed by atoms with Crippen LogP contribution in [0.5, 0.6) is 0 Å². The summed E-state index contributed by atoms with van der Waals surface area (Å²) in [6, 6.07) is 0. The molecule has 7 heteroatoms. The Morgan fingerprint density at radius 2 is 2.30 bits per heavy atom. The smallest absolute Gasteiger partial charge is 0.222 e. The Hall–Kier alpha value is -1.60. The zero-order chi connectivity index (χ0) is 14.1. The molecule has 108 valence electrons. The van der Waals surface area contributed by atoms with Gasteiger partial charge in [-0.05, 0) is 12.8 Å². The van der Waals surface area contributed by atoms with Crippen molar-refractivity contribution in [3.63, 3.8) is 0 Å². The lowest BCUT2D eigenvalue weighted by Gasteiger charge is -2.31. The molecule has 0 aromatic carbocycles. The minimum Gasteiger partial charge on any atom is -0.359 e. The van der Waals surface area contributed by atoms with Gasteiger partial charge in [-0.2, -0.15) is 0 Å². The summed E-state index contributed by atoms with van der Waals surface area (Å²) in [6.07, 6.45) is 3.75. The van der Waals surface area contributed by atoms with E-state index in [-0.39, 0.29) is 11.8 Å². The quantitative estimate of drug-likeness (QED) is 0.878. The van der Waals surface area contributed by atoms with E-state index >= 15 is 0 Å². The van der Waals surface area contributed by atoms with Crippen molar-refractivity contribution in [2.45, 2.75) is 19.4 Å². The maximum atomic E-state index is 11.7. The summed E-state index contributed by atoms with van der Waals surface area (Å²) in [5.74, 6) is 1.26. The van der Waals surface area contributed by atoms with Crippen LogP contribution in [0.25, 0.3) is 4.96 Å². The lowest BCUT2D eigenvalue weighted by atomic mass is 9.96. The van der Waals surface area contributed by atoms with Crippen molar-refractivity contribution in [1.29, 1.82) is 0 Å². The van der Waals surface area contributed by atoms with E-state index in [1.54, 1.807) is 18.4 Å². The Balaban J connectivity index is 1.79. The number of hydrogen-bond acceptors (Lipinski definition) is 5. The fourth-order valence-corrected chi connectivity index (χ4v) is 3.55. The van der Waals surface area contributed by atoms with Gasteiger partial charge in [0.2, 0.25) is 5.91 Å². The van der Waals surface area contributed by atoms with E-state index in [1.807, 2.05) is 11.6 Å². The lowest BCUT2D eigenvalue weighted by Crippen LogP contribution is -2.40. The number of nitrogens with one attached hydrogen (secondary N) is 1. The van der Waals surface area contributed by atoms with Gasteiger partial charge in [-0.1, -0.05) is 0 Å². The molecule has 1 amide bonds. The summed E-state index contributed by atoms with van der Waals surface area (Å²) in [4.78, 5) is 19.6. The van der Waals surface area contributed by atoms with Gasteiger partial charge in [0.15, 0.2) is 10.8 Å². The first-order valence-corrected chi connectivity index (χ1v) is 7.73. The van der Waals surface area contributed by atoms with Crippen LogP contribution in [-0.4, -0.2) is 35.4 Å². The molecule has 2 aromatic rings. The van der Waals surface area contributed by atoms with Crippen LogP contribution in [0.15, 0.2) is 11.6 Å². The number of carbonyl (C=O) groups excluding carboxylic acids is 1. The summed E-state index contributed by atoms with van der Waals surface area (Å²) in [5, 5.41) is 4.75. The largest absolute Gasteiger partial charge is 0.359 e. The Morgan fingerprint density at radius 1 is 1.55 bits per heavy atom. The molecule has 3 heterocycles. The molecule has 0 unspecified atom stereocenters. The molecule has 1 aliphatic heterocycles. The van der Waals surface area contributed by atoms with Gasteiger partial charge in [0.05, 0.1) is 5.69 Å². The van der Waals surface area contributed by atoms with Crippen LogP contribution in [-0.2, 0) is 11.3 Å². The van der Waals surface area contributed by atoms with Gasteiger partial charge in [0.1, 0.15) is 0 Å². The summed E-state index contributed by atoms with van der Waals surface area (Å²) in [5.41, 5.74) is 6.93. The molecule has 20 heavy (non-hydrogen) atoms. The minimum absolute atomic E-state index is 0.126. The first-order chi connectivity index (χ1) is 9.74. The molecular formula is C13H19N5OS. The van der Waals surface area contributed by atoms with Crippen molar-refractivity contribution in [2.24, 2.45) is 11.7 Å². The number of carbonyl (C=O) groups is 1. The molecule has 0 saturated carbocycles. The highest BCUT2D eigenvalue weighted by Crippen LogP contribution is 2.28. The second kappa shape index (κ2) is 5.41. The van der Waals surface area contributed by atoms with E-state index in [0.29, 0.717) is 6.54 Å². The number of imidazole rings is 1. The molecule has 3 N–H and O–H groups in total. The van der Waals surface area contributed by atoms with Crippen molar-refractivity contribution >= 4 is 28.0 Å². The lowest BCUT2D eigenvalue weighted by molar-refractivity contribution is -0.125. The van der Waals surface area contributed by atoms with Gasteiger partial charge in [-0.15, -0.1) is 11.3 Å². The zero-order valence-corrected chi connectivity index (χ0v) is 12.3. The number of amides is 1. The predicted octanol–water partition coefficient (Wildman–Crippen LogP) is 0.817. The van der Waals surface area contributed by atoms with Crippen molar-refractivity contribution in [1.82, 2.24) is 14.7 Å². The monoisotopic (exact) mass is 293 g/mol. The maximum absolute atomic E-state index is 11.7. The van der Waals surface area contributed by atoms with Crippen LogP contribution in [0.4, 0.5) is 5.82 Å². The van der Waals surface area contributed by atoms with Gasteiger partial charge in [-0.3, -0.25) is 9.20 Å². The topological polar surface area (TPSA) is 75.7 Å². The number of nitrogens with zero attached hydrogens (tertiary/aromatic N) is 3. The second-order valence-corrected chi connectivity index (χ2v) is 5.89. The Labute approximate surface area is 121 Å². The van der Waals surface area contributed by atoms with E-state index < -0.39 is 0 Å². The summed E-state index contributed by atoms with van der Waals surface area (Å²) < 4.78 is 2.06. The third-order valence-corrected chi connectivity index (χ3v) is 4.70.